The summed E-state index contributed by atoms with van der Waals surface area (Å²) in [7, 11) is 0. The Labute approximate surface area is 159 Å². The molecule has 26 heavy (non-hydrogen) atoms. The Morgan fingerprint density at radius 2 is 1.77 bits per heavy atom. The number of fused-ring (bicyclic) bond motifs is 1. The van der Waals surface area contributed by atoms with Crippen molar-refractivity contribution >= 4 is 17.5 Å². The molecule has 0 saturated heterocycles. The van der Waals surface area contributed by atoms with Crippen molar-refractivity contribution in [3.8, 4) is 11.5 Å². The molecule has 0 aliphatic heterocycles. The predicted molar refractivity (Wildman–Crippen MR) is 103 cm³/mol. The Bertz CT molecular complexity index is 776. The number of rotatable bonds is 7. The first-order chi connectivity index (χ1) is 12.6. The van der Waals surface area contributed by atoms with Crippen molar-refractivity contribution in [1.29, 1.82) is 0 Å². The maximum Gasteiger partial charge on any atom is 0.258 e. The molecule has 0 saturated carbocycles. The second-order valence-electron chi connectivity index (χ2n) is 6.54. The monoisotopic (exact) mass is 373 g/mol. The fourth-order valence-electron chi connectivity index (χ4n) is 3.02. The number of benzene rings is 2. The SMILES string of the molecule is Cc1ccc(OCCNC(=O)COc2ccc3c(c2)CCCC3)cc1Cl. The third-order valence-electron chi connectivity index (χ3n) is 4.53. The maximum atomic E-state index is 11.9. The smallest absolute Gasteiger partial charge is 0.258 e. The number of hydrogen-bond acceptors (Lipinski definition) is 3. The van der Waals surface area contributed by atoms with Crippen LogP contribution in [0.1, 0.15) is 29.5 Å². The lowest BCUT2D eigenvalue weighted by molar-refractivity contribution is -0.123. The van der Waals surface area contributed by atoms with Gasteiger partial charge in [-0.05, 0) is 73.6 Å². The zero-order valence-electron chi connectivity index (χ0n) is 15.0. The number of ether oxygens (including phenoxy) is 2. The molecule has 0 unspecified atom stereocenters. The molecule has 0 spiro atoms. The molecule has 2 aromatic carbocycles. The van der Waals surface area contributed by atoms with Crippen LogP contribution < -0.4 is 14.8 Å². The standard InChI is InChI=1S/C21H24ClNO3/c1-15-6-8-19(13-20(15)22)25-11-10-23-21(24)14-26-18-9-7-16-4-2-3-5-17(16)12-18/h6-9,12-13H,2-5,10-11,14H2,1H3,(H,23,24). The second-order valence-corrected chi connectivity index (χ2v) is 6.94. The van der Waals surface area contributed by atoms with Crippen molar-refractivity contribution in [3.63, 3.8) is 0 Å². The topological polar surface area (TPSA) is 47.6 Å². The Morgan fingerprint density at radius 3 is 2.58 bits per heavy atom. The largest absolute Gasteiger partial charge is 0.492 e. The quantitative estimate of drug-likeness (QED) is 0.743. The fourth-order valence-corrected chi connectivity index (χ4v) is 3.19. The Balaban J connectivity index is 1.37. The lowest BCUT2D eigenvalue weighted by Gasteiger charge is -2.16. The first-order valence-corrected chi connectivity index (χ1v) is 9.40. The van der Waals surface area contributed by atoms with Crippen molar-refractivity contribution in [2.45, 2.75) is 32.6 Å². The van der Waals surface area contributed by atoms with Crippen molar-refractivity contribution < 1.29 is 14.3 Å². The van der Waals surface area contributed by atoms with Gasteiger partial charge in [0.25, 0.3) is 5.91 Å². The molecule has 1 N–H and O–H groups in total. The van der Waals surface area contributed by atoms with Gasteiger partial charge in [0, 0.05) is 5.02 Å². The van der Waals surface area contributed by atoms with Gasteiger partial charge in [-0.3, -0.25) is 4.79 Å². The van der Waals surface area contributed by atoms with E-state index in [-0.39, 0.29) is 12.5 Å². The van der Waals surface area contributed by atoms with E-state index in [0.717, 1.165) is 24.2 Å². The minimum atomic E-state index is -0.159. The van der Waals surface area contributed by atoms with Gasteiger partial charge in [0.05, 0.1) is 6.54 Å². The highest BCUT2D eigenvalue weighted by Crippen LogP contribution is 2.25. The van der Waals surface area contributed by atoms with Crippen LogP contribution in [0.15, 0.2) is 36.4 Å². The molecule has 138 valence electrons. The minimum absolute atomic E-state index is 0.00907. The number of hydrogen-bond donors (Lipinski definition) is 1. The van der Waals surface area contributed by atoms with Gasteiger partial charge >= 0.3 is 0 Å². The van der Waals surface area contributed by atoms with Gasteiger partial charge < -0.3 is 14.8 Å². The van der Waals surface area contributed by atoms with Crippen LogP contribution in [0, 0.1) is 6.92 Å². The van der Waals surface area contributed by atoms with E-state index < -0.39 is 0 Å². The van der Waals surface area contributed by atoms with Crippen LogP contribution in [0.25, 0.3) is 0 Å². The Kier molecular flexibility index (Phi) is 6.40. The number of carbonyl (C=O) groups excluding carboxylic acids is 1. The molecule has 0 fully saturated rings. The molecule has 3 rings (SSSR count). The summed E-state index contributed by atoms with van der Waals surface area (Å²) in [6.07, 6.45) is 4.72. The number of amides is 1. The van der Waals surface area contributed by atoms with Gasteiger partial charge in [-0.1, -0.05) is 23.7 Å². The number of halogens is 1. The van der Waals surface area contributed by atoms with E-state index in [4.69, 9.17) is 21.1 Å². The summed E-state index contributed by atoms with van der Waals surface area (Å²) in [5.41, 5.74) is 3.76. The van der Waals surface area contributed by atoms with Crippen LogP contribution in [0.5, 0.6) is 11.5 Å². The average molecular weight is 374 g/mol. The van der Waals surface area contributed by atoms with Gasteiger partial charge in [-0.2, -0.15) is 0 Å². The highest BCUT2D eigenvalue weighted by Gasteiger charge is 2.10. The molecule has 0 radical (unpaired) electrons. The number of carbonyl (C=O) groups is 1. The molecule has 1 amide bonds. The van der Waals surface area contributed by atoms with Gasteiger partial charge in [0.2, 0.25) is 0 Å². The summed E-state index contributed by atoms with van der Waals surface area (Å²) in [5.74, 6) is 1.29. The van der Waals surface area contributed by atoms with E-state index in [2.05, 4.69) is 17.4 Å². The van der Waals surface area contributed by atoms with Crippen LogP contribution in [0.3, 0.4) is 0 Å². The van der Waals surface area contributed by atoms with E-state index >= 15 is 0 Å². The average Bonchev–Trinajstić information content (AvgIpc) is 2.66. The van der Waals surface area contributed by atoms with Crippen LogP contribution in [-0.4, -0.2) is 25.7 Å². The third-order valence-corrected chi connectivity index (χ3v) is 4.93. The molecule has 0 bridgehead atoms. The van der Waals surface area contributed by atoms with Crippen molar-refractivity contribution in [2.75, 3.05) is 19.8 Å². The van der Waals surface area contributed by atoms with Crippen molar-refractivity contribution in [1.82, 2.24) is 5.32 Å². The number of aryl methyl sites for hydroxylation is 3. The van der Waals surface area contributed by atoms with Gasteiger partial charge in [0.1, 0.15) is 18.1 Å². The van der Waals surface area contributed by atoms with Crippen LogP contribution >= 0.6 is 11.6 Å². The molecule has 4 nitrogen and oxygen atoms in total. The first-order valence-electron chi connectivity index (χ1n) is 9.02. The summed E-state index contributed by atoms with van der Waals surface area (Å²) in [6.45, 7) is 2.74. The Morgan fingerprint density at radius 1 is 1.04 bits per heavy atom. The van der Waals surface area contributed by atoms with E-state index in [1.165, 1.54) is 24.0 Å². The molecule has 2 aromatic rings. The van der Waals surface area contributed by atoms with E-state index in [0.29, 0.717) is 23.9 Å². The van der Waals surface area contributed by atoms with Gasteiger partial charge in [-0.15, -0.1) is 0 Å². The zero-order chi connectivity index (χ0) is 18.4. The number of nitrogens with one attached hydrogen (secondary N) is 1. The third kappa shape index (κ3) is 5.15. The van der Waals surface area contributed by atoms with Crippen molar-refractivity contribution in [2.24, 2.45) is 0 Å². The zero-order valence-corrected chi connectivity index (χ0v) is 15.8. The first kappa shape index (κ1) is 18.6. The summed E-state index contributed by atoms with van der Waals surface area (Å²) >= 11 is 6.05. The maximum absolute atomic E-state index is 11.9. The minimum Gasteiger partial charge on any atom is -0.492 e. The Hall–Kier alpha value is -2.20. The molecule has 5 heteroatoms. The second kappa shape index (κ2) is 8.95. The highest BCUT2D eigenvalue weighted by atomic mass is 35.5. The lowest BCUT2D eigenvalue weighted by atomic mass is 9.92. The van der Waals surface area contributed by atoms with Crippen LogP contribution in [-0.2, 0) is 17.6 Å². The molecule has 1 aliphatic carbocycles. The van der Waals surface area contributed by atoms with E-state index in [1.54, 1.807) is 6.07 Å². The molecular weight excluding hydrogens is 350 g/mol. The van der Waals surface area contributed by atoms with Crippen LogP contribution in [0.4, 0.5) is 0 Å². The van der Waals surface area contributed by atoms with Crippen molar-refractivity contribution in [3.05, 3.63) is 58.1 Å². The normalized spacial score (nSPS) is 13.0. The summed E-state index contributed by atoms with van der Waals surface area (Å²) in [5, 5.41) is 3.46. The molecule has 0 heterocycles. The molecule has 0 atom stereocenters. The van der Waals surface area contributed by atoms with Gasteiger partial charge in [0.15, 0.2) is 6.61 Å². The van der Waals surface area contributed by atoms with E-state index in [1.807, 2.05) is 25.1 Å². The van der Waals surface area contributed by atoms with Crippen LogP contribution in [0.2, 0.25) is 5.02 Å². The summed E-state index contributed by atoms with van der Waals surface area (Å²) < 4.78 is 11.2. The molecular formula is C21H24ClNO3. The molecule has 0 aromatic heterocycles. The lowest BCUT2D eigenvalue weighted by Crippen LogP contribution is -2.32. The fraction of sp³-hybridized carbons (Fsp3) is 0.381. The summed E-state index contributed by atoms with van der Waals surface area (Å²) in [4.78, 5) is 11.9. The predicted octanol–water partition coefficient (Wildman–Crippen LogP) is 4.10. The molecule has 1 aliphatic rings. The van der Waals surface area contributed by atoms with E-state index in [9.17, 15) is 4.79 Å². The van der Waals surface area contributed by atoms with Gasteiger partial charge in [-0.25, -0.2) is 0 Å². The highest BCUT2D eigenvalue weighted by molar-refractivity contribution is 6.31. The summed E-state index contributed by atoms with van der Waals surface area (Å²) in [6, 6.07) is 11.7.